The van der Waals surface area contributed by atoms with Gasteiger partial charge in [0.2, 0.25) is 0 Å². The lowest BCUT2D eigenvalue weighted by Gasteiger charge is -2.28. The third-order valence-corrected chi connectivity index (χ3v) is 3.75. The molecule has 1 aromatic rings. The van der Waals surface area contributed by atoms with Crippen LogP contribution in [0, 0.1) is 12.8 Å². The molecule has 0 aliphatic carbocycles. The molecule has 1 aliphatic rings. The van der Waals surface area contributed by atoms with E-state index in [0.29, 0.717) is 5.92 Å². The minimum absolute atomic E-state index is 0.607. The van der Waals surface area contributed by atoms with Crippen LogP contribution in [-0.4, -0.2) is 43.3 Å². The summed E-state index contributed by atoms with van der Waals surface area (Å²) in [6, 6.07) is 0. The van der Waals surface area contributed by atoms with Gasteiger partial charge in [-0.25, -0.2) is 9.97 Å². The number of aromatic nitrogens is 2. The first-order chi connectivity index (χ1) is 9.72. The Kier molecular flexibility index (Phi) is 5.59. The number of hydrogen-bond donors (Lipinski definition) is 1. The summed E-state index contributed by atoms with van der Waals surface area (Å²) in [6.45, 7) is 7.95. The molecule has 1 saturated heterocycles. The van der Waals surface area contributed by atoms with Gasteiger partial charge < -0.3 is 15.0 Å². The first-order valence-corrected chi connectivity index (χ1v) is 7.56. The summed E-state index contributed by atoms with van der Waals surface area (Å²) < 4.78 is 5.55. The van der Waals surface area contributed by atoms with Gasteiger partial charge in [0, 0.05) is 32.3 Å². The molecule has 112 valence electrons. The summed E-state index contributed by atoms with van der Waals surface area (Å²) in [5, 5.41) is 3.36. The lowest BCUT2D eigenvalue weighted by atomic mass is 10.0. The predicted octanol–water partition coefficient (Wildman–Crippen LogP) is 2.47. The van der Waals surface area contributed by atoms with Gasteiger partial charge in [-0.1, -0.05) is 6.92 Å². The summed E-state index contributed by atoms with van der Waals surface area (Å²) in [5.41, 5.74) is 1.13. The van der Waals surface area contributed by atoms with Crippen molar-refractivity contribution in [3.05, 3.63) is 11.9 Å². The first-order valence-electron chi connectivity index (χ1n) is 7.56. The maximum Gasteiger partial charge on any atom is 0.136 e. The van der Waals surface area contributed by atoms with E-state index in [1.165, 1.54) is 12.8 Å². The Morgan fingerprint density at radius 2 is 2.30 bits per heavy atom. The Balaban J connectivity index is 2.02. The Labute approximate surface area is 121 Å². The van der Waals surface area contributed by atoms with Gasteiger partial charge in [-0.3, -0.25) is 0 Å². The number of ether oxygens (including phenoxy) is 1. The molecule has 1 atom stereocenters. The average molecular weight is 278 g/mol. The second-order valence-corrected chi connectivity index (χ2v) is 5.56. The quantitative estimate of drug-likeness (QED) is 0.866. The topological polar surface area (TPSA) is 50.3 Å². The van der Waals surface area contributed by atoms with E-state index in [1.54, 1.807) is 6.33 Å². The van der Waals surface area contributed by atoms with Crippen LogP contribution in [0.25, 0.3) is 0 Å². The van der Waals surface area contributed by atoms with Crippen molar-refractivity contribution < 1.29 is 4.74 Å². The molecule has 1 N–H and O–H groups in total. The molecule has 2 heterocycles. The Bertz CT molecular complexity index is 418. The molecule has 1 fully saturated rings. The van der Waals surface area contributed by atoms with Crippen LogP contribution in [0.3, 0.4) is 0 Å². The summed E-state index contributed by atoms with van der Waals surface area (Å²) in [4.78, 5) is 11.0. The van der Waals surface area contributed by atoms with Crippen LogP contribution in [-0.2, 0) is 4.74 Å². The molecule has 0 spiro atoms. The second kappa shape index (κ2) is 7.43. The minimum atomic E-state index is 0.607. The van der Waals surface area contributed by atoms with Crippen LogP contribution in [0.5, 0.6) is 0 Å². The summed E-state index contributed by atoms with van der Waals surface area (Å²) in [5.74, 6) is 2.57. The van der Waals surface area contributed by atoms with E-state index in [0.717, 1.165) is 49.9 Å². The molecule has 5 heteroatoms. The largest absolute Gasteiger partial charge is 0.381 e. The van der Waals surface area contributed by atoms with Crippen LogP contribution in [0.1, 0.15) is 31.7 Å². The molecule has 2 rings (SSSR count). The van der Waals surface area contributed by atoms with Gasteiger partial charge in [0.1, 0.15) is 18.0 Å². The number of nitrogens with one attached hydrogen (secondary N) is 1. The smallest absolute Gasteiger partial charge is 0.136 e. The van der Waals surface area contributed by atoms with Gasteiger partial charge in [-0.2, -0.15) is 0 Å². The van der Waals surface area contributed by atoms with Gasteiger partial charge >= 0.3 is 0 Å². The van der Waals surface area contributed by atoms with Crippen molar-refractivity contribution in [3.63, 3.8) is 0 Å². The third kappa shape index (κ3) is 3.82. The van der Waals surface area contributed by atoms with Gasteiger partial charge in [-0.05, 0) is 32.1 Å². The standard InChI is InChI=1S/C15H26N4O/c1-4-7-16-14-12(2)15(18-11-17-14)19(3)9-13-6-5-8-20-10-13/h11,13H,4-10H2,1-3H3,(H,16,17,18). The normalized spacial score (nSPS) is 18.9. The van der Waals surface area contributed by atoms with Gasteiger partial charge in [-0.15, -0.1) is 0 Å². The molecule has 20 heavy (non-hydrogen) atoms. The number of rotatable bonds is 6. The summed E-state index contributed by atoms with van der Waals surface area (Å²) in [6.07, 6.45) is 5.15. The maximum atomic E-state index is 5.55. The van der Waals surface area contributed by atoms with Crippen LogP contribution in [0.2, 0.25) is 0 Å². The van der Waals surface area contributed by atoms with Crippen molar-refractivity contribution in [2.75, 3.05) is 43.6 Å². The minimum Gasteiger partial charge on any atom is -0.381 e. The zero-order valence-electron chi connectivity index (χ0n) is 12.9. The lowest BCUT2D eigenvalue weighted by Crippen LogP contribution is -2.31. The van der Waals surface area contributed by atoms with E-state index in [2.05, 4.69) is 41.1 Å². The zero-order chi connectivity index (χ0) is 14.4. The molecule has 1 aromatic heterocycles. The molecule has 1 aliphatic heterocycles. The zero-order valence-corrected chi connectivity index (χ0v) is 12.9. The Hall–Kier alpha value is -1.36. The van der Waals surface area contributed by atoms with Gasteiger partial charge in [0.25, 0.3) is 0 Å². The van der Waals surface area contributed by atoms with Crippen LogP contribution in [0.15, 0.2) is 6.33 Å². The molecular formula is C15H26N4O. The summed E-state index contributed by atoms with van der Waals surface area (Å²) >= 11 is 0. The van der Waals surface area contributed by atoms with Crippen molar-refractivity contribution in [2.24, 2.45) is 5.92 Å². The van der Waals surface area contributed by atoms with Gasteiger partial charge in [0.05, 0.1) is 6.61 Å². The molecule has 1 unspecified atom stereocenters. The van der Waals surface area contributed by atoms with E-state index in [9.17, 15) is 0 Å². The number of hydrogen-bond acceptors (Lipinski definition) is 5. The van der Waals surface area contributed by atoms with E-state index in [1.807, 2.05) is 0 Å². The highest BCUT2D eigenvalue weighted by Crippen LogP contribution is 2.23. The van der Waals surface area contributed by atoms with E-state index in [-0.39, 0.29) is 0 Å². The van der Waals surface area contributed by atoms with Crippen molar-refractivity contribution in [1.29, 1.82) is 0 Å². The monoisotopic (exact) mass is 278 g/mol. The Morgan fingerprint density at radius 1 is 1.45 bits per heavy atom. The van der Waals surface area contributed by atoms with Gasteiger partial charge in [0.15, 0.2) is 0 Å². The highest BCUT2D eigenvalue weighted by Gasteiger charge is 2.18. The maximum absolute atomic E-state index is 5.55. The Morgan fingerprint density at radius 3 is 3.00 bits per heavy atom. The van der Waals surface area contributed by atoms with Crippen molar-refractivity contribution in [3.8, 4) is 0 Å². The van der Waals surface area contributed by atoms with Crippen molar-refractivity contribution >= 4 is 11.6 Å². The van der Waals surface area contributed by atoms with Crippen molar-refractivity contribution in [2.45, 2.75) is 33.1 Å². The van der Waals surface area contributed by atoms with E-state index >= 15 is 0 Å². The highest BCUT2D eigenvalue weighted by molar-refractivity contribution is 5.57. The molecule has 5 nitrogen and oxygen atoms in total. The fourth-order valence-electron chi connectivity index (χ4n) is 2.67. The lowest BCUT2D eigenvalue weighted by molar-refractivity contribution is 0.0576. The third-order valence-electron chi connectivity index (χ3n) is 3.75. The van der Waals surface area contributed by atoms with Crippen LogP contribution < -0.4 is 10.2 Å². The molecule has 0 bridgehead atoms. The molecule has 0 radical (unpaired) electrons. The molecule has 0 aromatic carbocycles. The fourth-order valence-corrected chi connectivity index (χ4v) is 2.67. The van der Waals surface area contributed by atoms with Crippen molar-refractivity contribution in [1.82, 2.24) is 9.97 Å². The molecule has 0 amide bonds. The second-order valence-electron chi connectivity index (χ2n) is 5.56. The average Bonchev–Trinajstić information content (AvgIpc) is 2.47. The number of anilines is 2. The highest BCUT2D eigenvalue weighted by atomic mass is 16.5. The molecule has 0 saturated carbocycles. The van der Waals surface area contributed by atoms with Crippen LogP contribution >= 0.6 is 0 Å². The van der Waals surface area contributed by atoms with E-state index < -0.39 is 0 Å². The fraction of sp³-hybridized carbons (Fsp3) is 0.733. The summed E-state index contributed by atoms with van der Waals surface area (Å²) in [7, 11) is 2.10. The van der Waals surface area contributed by atoms with Crippen LogP contribution in [0.4, 0.5) is 11.6 Å². The van der Waals surface area contributed by atoms with E-state index in [4.69, 9.17) is 4.74 Å². The molecular weight excluding hydrogens is 252 g/mol. The predicted molar refractivity (Wildman–Crippen MR) is 82.4 cm³/mol. The number of nitrogens with zero attached hydrogens (tertiary/aromatic N) is 3. The SMILES string of the molecule is CCCNc1ncnc(N(C)CC2CCCOC2)c1C. The first kappa shape index (κ1) is 15.0.